The summed E-state index contributed by atoms with van der Waals surface area (Å²) in [6.45, 7) is 6.02. The molecular formula is C14H20FN3O3. The van der Waals surface area contributed by atoms with Crippen molar-refractivity contribution in [3.05, 3.63) is 33.6 Å². The van der Waals surface area contributed by atoms with E-state index in [0.717, 1.165) is 12.5 Å². The number of anilines is 1. The summed E-state index contributed by atoms with van der Waals surface area (Å²) >= 11 is 0. The molecule has 1 aromatic carbocycles. The van der Waals surface area contributed by atoms with Crippen LogP contribution in [-0.2, 0) is 0 Å². The van der Waals surface area contributed by atoms with Gasteiger partial charge in [-0.1, -0.05) is 6.92 Å². The van der Waals surface area contributed by atoms with Gasteiger partial charge in [-0.3, -0.25) is 14.9 Å². The Balaban J connectivity index is 3.32. The molecule has 1 rings (SSSR count). The van der Waals surface area contributed by atoms with Crippen molar-refractivity contribution in [1.29, 1.82) is 0 Å². The molecular weight excluding hydrogens is 277 g/mol. The summed E-state index contributed by atoms with van der Waals surface area (Å²) in [5.41, 5.74) is -0.536. The number of nitrogens with zero attached hydrogens (tertiary/aromatic N) is 2. The van der Waals surface area contributed by atoms with Gasteiger partial charge in [0.15, 0.2) is 5.82 Å². The second-order valence-corrected chi connectivity index (χ2v) is 5.04. The molecule has 0 atom stereocenters. The van der Waals surface area contributed by atoms with E-state index in [9.17, 15) is 19.3 Å². The van der Waals surface area contributed by atoms with Crippen molar-refractivity contribution in [3.8, 4) is 0 Å². The lowest BCUT2D eigenvalue weighted by Crippen LogP contribution is -2.33. The van der Waals surface area contributed by atoms with Crippen molar-refractivity contribution in [2.75, 3.05) is 18.9 Å². The van der Waals surface area contributed by atoms with Gasteiger partial charge in [0.2, 0.25) is 0 Å². The van der Waals surface area contributed by atoms with E-state index >= 15 is 0 Å². The van der Waals surface area contributed by atoms with Crippen LogP contribution in [0.3, 0.4) is 0 Å². The summed E-state index contributed by atoms with van der Waals surface area (Å²) in [7, 11) is 1.55. The summed E-state index contributed by atoms with van der Waals surface area (Å²) in [4.78, 5) is 24.0. The maximum Gasteiger partial charge on any atom is 0.285 e. The highest BCUT2D eigenvalue weighted by atomic mass is 19.1. The van der Waals surface area contributed by atoms with Crippen LogP contribution in [0.5, 0.6) is 0 Å². The van der Waals surface area contributed by atoms with Gasteiger partial charge in [0.1, 0.15) is 5.56 Å². The summed E-state index contributed by atoms with van der Waals surface area (Å²) in [5.74, 6) is -1.24. The summed E-state index contributed by atoms with van der Waals surface area (Å²) in [6.07, 6.45) is 0.769. The van der Waals surface area contributed by atoms with E-state index in [0.29, 0.717) is 6.54 Å². The standard InChI is InChI=1S/C14H20FN3O3/c1-5-6-16-12-7-10(14(19)17(4)9(2)3)13(18(20)21)8-11(12)15/h7-9,16H,5-6H2,1-4H3. The molecule has 6 nitrogen and oxygen atoms in total. The number of hydrogen-bond donors (Lipinski definition) is 1. The van der Waals surface area contributed by atoms with Crippen LogP contribution in [0.4, 0.5) is 15.8 Å². The van der Waals surface area contributed by atoms with Gasteiger partial charge in [-0.25, -0.2) is 4.39 Å². The maximum absolute atomic E-state index is 13.8. The number of amides is 1. The second-order valence-electron chi connectivity index (χ2n) is 5.04. The van der Waals surface area contributed by atoms with E-state index in [2.05, 4.69) is 5.32 Å². The number of halogens is 1. The molecule has 0 aliphatic heterocycles. The molecule has 7 heteroatoms. The maximum atomic E-state index is 13.8. The number of carbonyl (C=O) groups excluding carboxylic acids is 1. The Bertz CT molecular complexity index is 547. The molecule has 1 N–H and O–H groups in total. The lowest BCUT2D eigenvalue weighted by atomic mass is 10.1. The van der Waals surface area contributed by atoms with Gasteiger partial charge in [-0.2, -0.15) is 0 Å². The smallest absolute Gasteiger partial charge is 0.285 e. The minimum absolute atomic E-state index is 0.1000. The molecule has 0 saturated heterocycles. The van der Waals surface area contributed by atoms with Crippen LogP contribution in [0.1, 0.15) is 37.6 Å². The van der Waals surface area contributed by atoms with Gasteiger partial charge in [-0.05, 0) is 26.3 Å². The SMILES string of the molecule is CCCNc1cc(C(=O)N(C)C(C)C)c([N+](=O)[O-])cc1F. The van der Waals surface area contributed by atoms with Crippen molar-refractivity contribution < 1.29 is 14.1 Å². The highest BCUT2D eigenvalue weighted by molar-refractivity contribution is 5.99. The van der Waals surface area contributed by atoms with Gasteiger partial charge in [0.05, 0.1) is 16.7 Å². The molecule has 21 heavy (non-hydrogen) atoms. The second kappa shape index (κ2) is 7.01. The first-order valence-corrected chi connectivity index (χ1v) is 6.78. The molecule has 0 aliphatic carbocycles. The first-order valence-electron chi connectivity index (χ1n) is 6.78. The zero-order valence-corrected chi connectivity index (χ0v) is 12.6. The van der Waals surface area contributed by atoms with E-state index in [1.807, 2.05) is 6.92 Å². The van der Waals surface area contributed by atoms with Crippen molar-refractivity contribution in [1.82, 2.24) is 4.90 Å². The lowest BCUT2D eigenvalue weighted by molar-refractivity contribution is -0.385. The van der Waals surface area contributed by atoms with Crippen LogP contribution in [0, 0.1) is 15.9 Å². The molecule has 1 aromatic rings. The third-order valence-electron chi connectivity index (χ3n) is 3.17. The Labute approximate surface area is 123 Å². The topological polar surface area (TPSA) is 75.5 Å². The Morgan fingerprint density at radius 1 is 1.48 bits per heavy atom. The zero-order valence-electron chi connectivity index (χ0n) is 12.6. The van der Waals surface area contributed by atoms with Gasteiger partial charge >= 0.3 is 0 Å². The summed E-state index contributed by atoms with van der Waals surface area (Å²) in [6, 6.07) is 1.89. The van der Waals surface area contributed by atoms with Crippen LogP contribution in [0.2, 0.25) is 0 Å². The number of rotatable bonds is 6. The minimum atomic E-state index is -0.742. The van der Waals surface area contributed by atoms with Crippen LogP contribution in [0.25, 0.3) is 0 Å². The number of nitro benzene ring substituents is 1. The molecule has 0 saturated carbocycles. The first-order chi connectivity index (χ1) is 9.79. The largest absolute Gasteiger partial charge is 0.383 e. The molecule has 0 bridgehead atoms. The Morgan fingerprint density at radius 2 is 2.10 bits per heavy atom. The fourth-order valence-electron chi connectivity index (χ4n) is 1.70. The summed E-state index contributed by atoms with van der Waals surface area (Å²) in [5, 5.41) is 13.9. The van der Waals surface area contributed by atoms with Crippen LogP contribution < -0.4 is 5.32 Å². The van der Waals surface area contributed by atoms with Gasteiger partial charge < -0.3 is 10.2 Å². The average molecular weight is 297 g/mol. The Morgan fingerprint density at radius 3 is 2.57 bits per heavy atom. The predicted octanol–water partition coefficient (Wildman–Crippen LogP) is 3.04. The van der Waals surface area contributed by atoms with Crippen LogP contribution in [0.15, 0.2) is 12.1 Å². The quantitative estimate of drug-likeness (QED) is 0.647. The number of carbonyl (C=O) groups is 1. The normalized spacial score (nSPS) is 10.6. The van der Waals surface area contributed by atoms with Gasteiger partial charge in [0.25, 0.3) is 11.6 Å². The molecule has 1 amide bonds. The highest BCUT2D eigenvalue weighted by Crippen LogP contribution is 2.27. The number of benzene rings is 1. The third kappa shape index (κ3) is 3.90. The number of hydrogen-bond acceptors (Lipinski definition) is 4. The fraction of sp³-hybridized carbons (Fsp3) is 0.500. The van der Waals surface area contributed by atoms with E-state index in [1.54, 1.807) is 20.9 Å². The van der Waals surface area contributed by atoms with Crippen molar-refractivity contribution >= 4 is 17.3 Å². The van der Waals surface area contributed by atoms with E-state index in [1.165, 1.54) is 11.0 Å². The van der Waals surface area contributed by atoms with Gasteiger partial charge in [-0.15, -0.1) is 0 Å². The lowest BCUT2D eigenvalue weighted by Gasteiger charge is -2.21. The number of nitrogens with one attached hydrogen (secondary N) is 1. The van der Waals surface area contributed by atoms with Crippen molar-refractivity contribution in [2.24, 2.45) is 0 Å². The Kier molecular flexibility index (Phi) is 5.63. The predicted molar refractivity (Wildman–Crippen MR) is 79.1 cm³/mol. The van der Waals surface area contributed by atoms with Crippen LogP contribution >= 0.6 is 0 Å². The molecule has 116 valence electrons. The molecule has 0 fully saturated rings. The van der Waals surface area contributed by atoms with E-state index in [4.69, 9.17) is 0 Å². The summed E-state index contributed by atoms with van der Waals surface area (Å²) < 4.78 is 13.8. The molecule has 0 aliphatic rings. The average Bonchev–Trinajstić information content (AvgIpc) is 2.43. The molecule has 0 heterocycles. The zero-order chi connectivity index (χ0) is 16.2. The van der Waals surface area contributed by atoms with Crippen molar-refractivity contribution in [2.45, 2.75) is 33.2 Å². The van der Waals surface area contributed by atoms with Crippen LogP contribution in [-0.4, -0.2) is 35.4 Å². The van der Waals surface area contributed by atoms with E-state index < -0.39 is 22.3 Å². The molecule has 0 aromatic heterocycles. The minimum Gasteiger partial charge on any atom is -0.383 e. The third-order valence-corrected chi connectivity index (χ3v) is 3.17. The monoisotopic (exact) mass is 297 g/mol. The fourth-order valence-corrected chi connectivity index (χ4v) is 1.70. The molecule has 0 spiro atoms. The van der Waals surface area contributed by atoms with Crippen molar-refractivity contribution in [3.63, 3.8) is 0 Å². The Hall–Kier alpha value is -2.18. The molecule has 0 radical (unpaired) electrons. The first kappa shape index (κ1) is 16.9. The van der Waals surface area contributed by atoms with Gasteiger partial charge in [0, 0.05) is 19.6 Å². The highest BCUT2D eigenvalue weighted by Gasteiger charge is 2.26. The van der Waals surface area contributed by atoms with E-state index in [-0.39, 0.29) is 17.3 Å². The molecule has 0 unspecified atom stereocenters. The number of nitro groups is 1.